The molecule has 4 heterocycles. The first kappa shape index (κ1) is 15.1. The predicted molar refractivity (Wildman–Crippen MR) is 86.1 cm³/mol. The van der Waals surface area contributed by atoms with Gasteiger partial charge in [-0.1, -0.05) is 0 Å². The zero-order valence-corrected chi connectivity index (χ0v) is 13.1. The largest absolute Gasteiger partial charge is 0.477 e. The maximum absolute atomic E-state index is 14.6. The van der Waals surface area contributed by atoms with Crippen molar-refractivity contribution in [2.24, 2.45) is 0 Å². The van der Waals surface area contributed by atoms with E-state index >= 15 is 0 Å². The van der Waals surface area contributed by atoms with Crippen molar-refractivity contribution in [3.8, 4) is 0 Å². The number of hydrogen-bond donors (Lipinski definition) is 2. The Balaban J connectivity index is 1.93. The van der Waals surface area contributed by atoms with Crippen molar-refractivity contribution in [2.75, 3.05) is 18.0 Å². The molecule has 2 aromatic rings. The average molecular weight is 332 g/mol. The first-order valence-electron chi connectivity index (χ1n) is 7.96. The van der Waals surface area contributed by atoms with Crippen molar-refractivity contribution in [3.63, 3.8) is 0 Å². The molecule has 24 heavy (non-hydrogen) atoms. The van der Waals surface area contributed by atoms with Crippen molar-refractivity contribution >= 4 is 22.8 Å². The number of pyridine rings is 2. The van der Waals surface area contributed by atoms with E-state index < -0.39 is 17.2 Å². The zero-order valence-electron chi connectivity index (χ0n) is 13.1. The number of carbonyl (C=O) groups is 1. The van der Waals surface area contributed by atoms with Crippen LogP contribution in [0.2, 0.25) is 0 Å². The number of rotatable bonds is 3. The lowest BCUT2D eigenvalue weighted by molar-refractivity contribution is 0.0695. The SMILES string of the molecule is CCn1cc(C(=O)O)c(=O)c2cc(F)c(N3CC4CC3CN4)nc21. The number of aromatic carboxylic acids is 1. The summed E-state index contributed by atoms with van der Waals surface area (Å²) < 4.78 is 16.2. The maximum atomic E-state index is 14.6. The van der Waals surface area contributed by atoms with Gasteiger partial charge in [-0.2, -0.15) is 0 Å². The van der Waals surface area contributed by atoms with Gasteiger partial charge in [0.25, 0.3) is 0 Å². The summed E-state index contributed by atoms with van der Waals surface area (Å²) in [6.45, 7) is 3.73. The Morgan fingerprint density at radius 3 is 2.92 bits per heavy atom. The van der Waals surface area contributed by atoms with Gasteiger partial charge in [-0.3, -0.25) is 4.79 Å². The topological polar surface area (TPSA) is 87.5 Å². The van der Waals surface area contributed by atoms with Crippen LogP contribution in [0.4, 0.5) is 10.2 Å². The summed E-state index contributed by atoms with van der Waals surface area (Å²) >= 11 is 0. The number of hydrogen-bond acceptors (Lipinski definition) is 5. The number of carboxylic acids is 1. The number of fused-ring (bicyclic) bond motifs is 3. The number of carboxylic acid groups (broad SMARTS) is 1. The highest BCUT2D eigenvalue weighted by Crippen LogP contribution is 2.31. The Hall–Kier alpha value is -2.48. The number of nitrogens with one attached hydrogen (secondary N) is 1. The fraction of sp³-hybridized carbons (Fsp3) is 0.438. The third-order valence-electron chi connectivity index (χ3n) is 4.88. The molecule has 2 atom stereocenters. The van der Waals surface area contributed by atoms with E-state index in [4.69, 9.17) is 0 Å². The summed E-state index contributed by atoms with van der Waals surface area (Å²) in [4.78, 5) is 29.9. The number of aromatic nitrogens is 2. The van der Waals surface area contributed by atoms with Gasteiger partial charge in [0.15, 0.2) is 11.6 Å². The Bertz CT molecular complexity index is 910. The van der Waals surface area contributed by atoms with Crippen LogP contribution in [-0.2, 0) is 6.54 Å². The van der Waals surface area contributed by atoms with E-state index in [1.54, 1.807) is 4.57 Å². The van der Waals surface area contributed by atoms with Crippen LogP contribution in [0.3, 0.4) is 0 Å². The van der Waals surface area contributed by atoms with E-state index in [2.05, 4.69) is 10.3 Å². The third-order valence-corrected chi connectivity index (χ3v) is 4.88. The molecule has 7 nitrogen and oxygen atoms in total. The van der Waals surface area contributed by atoms with Crippen LogP contribution in [0.1, 0.15) is 23.7 Å². The summed E-state index contributed by atoms with van der Waals surface area (Å²) in [5.74, 6) is -1.67. The van der Waals surface area contributed by atoms with Crippen molar-refractivity contribution in [3.05, 3.63) is 33.9 Å². The Morgan fingerprint density at radius 2 is 2.33 bits per heavy atom. The highest BCUT2D eigenvalue weighted by molar-refractivity contribution is 5.92. The summed E-state index contributed by atoms with van der Waals surface area (Å²) in [5.41, 5.74) is -0.757. The number of nitrogens with zero attached hydrogens (tertiary/aromatic N) is 3. The number of aryl methyl sites for hydroxylation is 1. The lowest BCUT2D eigenvalue weighted by atomic mass is 10.2. The minimum absolute atomic E-state index is 0.000446. The van der Waals surface area contributed by atoms with E-state index in [1.165, 1.54) is 6.20 Å². The molecular weight excluding hydrogens is 315 g/mol. The molecule has 2 N–H and O–H groups in total. The lowest BCUT2D eigenvalue weighted by Gasteiger charge is -2.29. The molecule has 2 aliphatic rings. The molecule has 0 amide bonds. The molecule has 0 spiro atoms. The Morgan fingerprint density at radius 1 is 1.54 bits per heavy atom. The van der Waals surface area contributed by atoms with Crippen LogP contribution in [0.25, 0.3) is 11.0 Å². The van der Waals surface area contributed by atoms with Crippen molar-refractivity contribution in [2.45, 2.75) is 32.0 Å². The van der Waals surface area contributed by atoms with Gasteiger partial charge in [0.2, 0.25) is 5.43 Å². The van der Waals surface area contributed by atoms with E-state index in [-0.39, 0.29) is 22.8 Å². The molecule has 0 aromatic carbocycles. The second kappa shape index (κ2) is 5.27. The summed E-state index contributed by atoms with van der Waals surface area (Å²) in [6, 6.07) is 1.67. The van der Waals surface area contributed by atoms with Gasteiger partial charge in [-0.05, 0) is 19.4 Å². The van der Waals surface area contributed by atoms with E-state index in [0.717, 1.165) is 19.0 Å². The number of anilines is 1. The molecule has 2 aliphatic heterocycles. The van der Waals surface area contributed by atoms with E-state index in [1.807, 2.05) is 11.8 Å². The fourth-order valence-electron chi connectivity index (χ4n) is 3.69. The van der Waals surface area contributed by atoms with Gasteiger partial charge in [0, 0.05) is 37.9 Å². The molecule has 0 radical (unpaired) electrons. The first-order valence-corrected chi connectivity index (χ1v) is 7.96. The maximum Gasteiger partial charge on any atom is 0.341 e. The summed E-state index contributed by atoms with van der Waals surface area (Å²) in [5, 5.41) is 12.5. The minimum Gasteiger partial charge on any atom is -0.477 e. The molecule has 2 unspecified atom stereocenters. The Labute approximate surface area is 136 Å². The van der Waals surface area contributed by atoms with Gasteiger partial charge < -0.3 is 19.9 Å². The number of halogens is 1. The van der Waals surface area contributed by atoms with Crippen LogP contribution in [-0.4, -0.2) is 45.8 Å². The average Bonchev–Trinajstić information content (AvgIpc) is 3.18. The predicted octanol–water partition coefficient (Wildman–Crippen LogP) is 0.804. The van der Waals surface area contributed by atoms with Crippen LogP contribution < -0.4 is 15.6 Å². The lowest BCUT2D eigenvalue weighted by Crippen LogP contribution is -2.44. The van der Waals surface area contributed by atoms with Gasteiger partial charge in [0.05, 0.1) is 5.39 Å². The smallest absolute Gasteiger partial charge is 0.341 e. The normalized spacial score (nSPS) is 22.5. The second-order valence-corrected chi connectivity index (χ2v) is 6.28. The van der Waals surface area contributed by atoms with Crippen molar-refractivity contribution < 1.29 is 14.3 Å². The molecule has 0 saturated carbocycles. The monoisotopic (exact) mass is 332 g/mol. The van der Waals surface area contributed by atoms with Gasteiger partial charge in [0.1, 0.15) is 11.2 Å². The van der Waals surface area contributed by atoms with Crippen LogP contribution in [0.15, 0.2) is 17.1 Å². The van der Waals surface area contributed by atoms with Crippen molar-refractivity contribution in [1.82, 2.24) is 14.9 Å². The highest BCUT2D eigenvalue weighted by atomic mass is 19.1. The van der Waals surface area contributed by atoms with Crippen LogP contribution >= 0.6 is 0 Å². The molecule has 4 rings (SSSR count). The quantitative estimate of drug-likeness (QED) is 0.865. The highest BCUT2D eigenvalue weighted by Gasteiger charge is 2.39. The molecule has 126 valence electrons. The molecule has 2 bridgehead atoms. The summed E-state index contributed by atoms with van der Waals surface area (Å²) in [6.07, 6.45) is 2.23. The van der Waals surface area contributed by atoms with Gasteiger partial charge >= 0.3 is 5.97 Å². The first-order chi connectivity index (χ1) is 11.5. The molecular formula is C16H17FN4O3. The fourth-order valence-corrected chi connectivity index (χ4v) is 3.69. The van der Waals surface area contributed by atoms with Gasteiger partial charge in [-0.25, -0.2) is 14.2 Å². The second-order valence-electron chi connectivity index (χ2n) is 6.28. The van der Waals surface area contributed by atoms with Crippen molar-refractivity contribution in [1.29, 1.82) is 0 Å². The summed E-state index contributed by atoms with van der Waals surface area (Å²) in [7, 11) is 0. The van der Waals surface area contributed by atoms with E-state index in [0.29, 0.717) is 24.8 Å². The molecule has 0 aliphatic carbocycles. The van der Waals surface area contributed by atoms with Crippen LogP contribution in [0.5, 0.6) is 0 Å². The molecule has 8 heteroatoms. The van der Waals surface area contributed by atoms with Crippen LogP contribution in [0, 0.1) is 5.82 Å². The Kier molecular flexibility index (Phi) is 3.31. The molecule has 2 aromatic heterocycles. The third kappa shape index (κ3) is 2.10. The number of piperazine rings is 1. The minimum atomic E-state index is -1.32. The van der Waals surface area contributed by atoms with E-state index in [9.17, 15) is 19.1 Å². The molecule has 2 saturated heterocycles. The zero-order chi connectivity index (χ0) is 17.0. The standard InChI is InChI=1S/C16H17FN4O3/c1-2-20-7-11(16(23)24)13(22)10-4-12(17)15(19-14(10)20)21-6-8-3-9(21)5-18-8/h4,7-9,18H,2-3,5-6H2,1H3,(H,23,24). The molecule has 2 fully saturated rings. The van der Waals surface area contributed by atoms with Gasteiger partial charge in [-0.15, -0.1) is 0 Å².